The number of unbranched alkanes of at least 4 members (excludes halogenated alkanes) is 1. The summed E-state index contributed by atoms with van der Waals surface area (Å²) >= 11 is 0. The smallest absolute Gasteiger partial charge is 0.262 e. The van der Waals surface area contributed by atoms with Crippen LogP contribution in [-0.4, -0.2) is 47.2 Å². The van der Waals surface area contributed by atoms with Crippen molar-refractivity contribution in [2.75, 3.05) is 13.6 Å². The fourth-order valence-corrected chi connectivity index (χ4v) is 3.38. The number of imide groups is 1. The number of amides is 3. The van der Waals surface area contributed by atoms with E-state index in [1.165, 1.54) is 0 Å². The molecule has 0 radical (unpaired) electrons. The summed E-state index contributed by atoms with van der Waals surface area (Å²) < 4.78 is 0. The lowest BCUT2D eigenvalue weighted by atomic mass is 10.0. The fourth-order valence-electron chi connectivity index (χ4n) is 3.38. The van der Waals surface area contributed by atoms with Crippen molar-refractivity contribution in [3.05, 3.63) is 71.3 Å². The Balaban J connectivity index is 1.94. The molecule has 27 heavy (non-hydrogen) atoms. The Hall–Kier alpha value is -2.95. The Morgan fingerprint density at radius 1 is 0.963 bits per heavy atom. The maximum absolute atomic E-state index is 13.2. The molecule has 0 fully saturated rings. The van der Waals surface area contributed by atoms with Crippen molar-refractivity contribution in [2.24, 2.45) is 0 Å². The van der Waals surface area contributed by atoms with Gasteiger partial charge in [0.25, 0.3) is 11.8 Å². The summed E-state index contributed by atoms with van der Waals surface area (Å²) in [6, 6.07) is 15.4. The molecule has 3 amide bonds. The van der Waals surface area contributed by atoms with E-state index < -0.39 is 17.9 Å². The fraction of sp³-hybridized carbons (Fsp3) is 0.318. The van der Waals surface area contributed by atoms with Gasteiger partial charge in [-0.3, -0.25) is 19.3 Å². The van der Waals surface area contributed by atoms with Gasteiger partial charge in [-0.05, 0) is 24.1 Å². The molecule has 1 unspecified atom stereocenters. The van der Waals surface area contributed by atoms with E-state index in [0.29, 0.717) is 24.1 Å². The Morgan fingerprint density at radius 3 is 2.07 bits per heavy atom. The highest BCUT2D eigenvalue weighted by Crippen LogP contribution is 2.26. The summed E-state index contributed by atoms with van der Waals surface area (Å²) in [6.45, 7) is 2.66. The molecule has 140 valence electrons. The van der Waals surface area contributed by atoms with E-state index >= 15 is 0 Å². The Labute approximate surface area is 159 Å². The van der Waals surface area contributed by atoms with Gasteiger partial charge in [0.15, 0.2) is 0 Å². The maximum Gasteiger partial charge on any atom is 0.262 e. The van der Waals surface area contributed by atoms with E-state index in [0.717, 1.165) is 23.3 Å². The minimum Gasteiger partial charge on any atom is -0.344 e. The van der Waals surface area contributed by atoms with Crippen LogP contribution in [0.25, 0.3) is 0 Å². The Bertz CT molecular complexity index is 813. The van der Waals surface area contributed by atoms with Gasteiger partial charge in [-0.2, -0.15) is 0 Å². The number of likely N-dealkylation sites (N-methyl/N-ethyl adjacent to an activating group) is 1. The molecule has 3 rings (SSSR count). The van der Waals surface area contributed by atoms with Crippen molar-refractivity contribution in [1.29, 1.82) is 0 Å². The summed E-state index contributed by atoms with van der Waals surface area (Å²) in [5, 5.41) is 0. The van der Waals surface area contributed by atoms with E-state index in [4.69, 9.17) is 0 Å². The number of rotatable bonds is 7. The Kier molecular flexibility index (Phi) is 5.69. The van der Waals surface area contributed by atoms with Crippen molar-refractivity contribution >= 4 is 17.7 Å². The zero-order valence-electron chi connectivity index (χ0n) is 15.7. The highest BCUT2D eigenvalue weighted by molar-refractivity contribution is 6.22. The van der Waals surface area contributed by atoms with Crippen LogP contribution in [0.4, 0.5) is 0 Å². The lowest BCUT2D eigenvalue weighted by Crippen LogP contribution is -2.51. The second-order valence-electron chi connectivity index (χ2n) is 6.84. The van der Waals surface area contributed by atoms with Crippen molar-refractivity contribution in [3.63, 3.8) is 0 Å². The van der Waals surface area contributed by atoms with Crippen LogP contribution in [0.1, 0.15) is 46.0 Å². The number of hydrogen-bond donors (Lipinski definition) is 0. The molecule has 1 aliphatic heterocycles. The molecule has 0 aliphatic carbocycles. The topological polar surface area (TPSA) is 57.7 Å². The molecule has 0 aromatic heterocycles. The summed E-state index contributed by atoms with van der Waals surface area (Å²) in [5.41, 5.74) is 1.64. The zero-order valence-corrected chi connectivity index (χ0v) is 15.7. The lowest BCUT2D eigenvalue weighted by molar-refractivity contribution is -0.134. The summed E-state index contributed by atoms with van der Waals surface area (Å²) in [7, 11) is 1.73. The van der Waals surface area contributed by atoms with Crippen molar-refractivity contribution in [2.45, 2.75) is 32.2 Å². The third-order valence-electron chi connectivity index (χ3n) is 4.92. The molecule has 1 aliphatic rings. The molecule has 0 N–H and O–H groups in total. The number of benzene rings is 2. The number of fused-ring (bicyclic) bond motifs is 1. The summed E-state index contributed by atoms with van der Waals surface area (Å²) in [6.07, 6.45) is 2.15. The third kappa shape index (κ3) is 3.77. The molecule has 0 bridgehead atoms. The molecule has 1 heterocycles. The highest BCUT2D eigenvalue weighted by atomic mass is 16.2. The zero-order chi connectivity index (χ0) is 19.4. The van der Waals surface area contributed by atoms with Gasteiger partial charge in [-0.1, -0.05) is 55.8 Å². The Morgan fingerprint density at radius 2 is 1.52 bits per heavy atom. The lowest BCUT2D eigenvalue weighted by Gasteiger charge is -2.29. The number of carbonyl (C=O) groups excluding carboxylic acids is 3. The van der Waals surface area contributed by atoms with E-state index in [9.17, 15) is 14.4 Å². The monoisotopic (exact) mass is 364 g/mol. The molecule has 0 spiro atoms. The van der Waals surface area contributed by atoms with E-state index in [1.54, 1.807) is 36.2 Å². The van der Waals surface area contributed by atoms with Crippen LogP contribution in [0.3, 0.4) is 0 Å². The first-order valence-corrected chi connectivity index (χ1v) is 9.30. The van der Waals surface area contributed by atoms with Crippen LogP contribution in [-0.2, 0) is 11.2 Å². The minimum atomic E-state index is -0.846. The van der Waals surface area contributed by atoms with Crippen LogP contribution >= 0.6 is 0 Å². The molecule has 1 atom stereocenters. The molecule has 5 heteroatoms. The van der Waals surface area contributed by atoms with E-state index in [-0.39, 0.29) is 5.91 Å². The van der Waals surface area contributed by atoms with Gasteiger partial charge in [0.2, 0.25) is 5.91 Å². The number of hydrogen-bond acceptors (Lipinski definition) is 3. The second kappa shape index (κ2) is 8.16. The summed E-state index contributed by atoms with van der Waals surface area (Å²) in [5.74, 6) is -0.996. The van der Waals surface area contributed by atoms with Gasteiger partial charge < -0.3 is 4.90 Å². The molecule has 0 saturated carbocycles. The van der Waals surface area contributed by atoms with Crippen molar-refractivity contribution in [1.82, 2.24) is 9.80 Å². The first kappa shape index (κ1) is 18.8. The molecule has 0 saturated heterocycles. The van der Waals surface area contributed by atoms with Crippen LogP contribution in [0.15, 0.2) is 54.6 Å². The third-order valence-corrected chi connectivity index (χ3v) is 4.92. The highest BCUT2D eigenvalue weighted by Gasteiger charge is 2.43. The first-order chi connectivity index (χ1) is 13.0. The number of carbonyl (C=O) groups is 3. The molecular formula is C22H24N2O3. The van der Waals surface area contributed by atoms with Gasteiger partial charge in [0.1, 0.15) is 6.04 Å². The molecule has 2 aromatic carbocycles. The van der Waals surface area contributed by atoms with Crippen molar-refractivity contribution in [3.8, 4) is 0 Å². The second-order valence-corrected chi connectivity index (χ2v) is 6.84. The average molecular weight is 364 g/mol. The van der Waals surface area contributed by atoms with Crippen LogP contribution in [0, 0.1) is 0 Å². The van der Waals surface area contributed by atoms with Crippen LogP contribution < -0.4 is 0 Å². The number of nitrogens with zero attached hydrogens (tertiary/aromatic N) is 2. The minimum absolute atomic E-state index is 0.207. The largest absolute Gasteiger partial charge is 0.344 e. The van der Waals surface area contributed by atoms with Gasteiger partial charge in [0, 0.05) is 20.0 Å². The van der Waals surface area contributed by atoms with E-state index in [2.05, 4.69) is 6.92 Å². The van der Waals surface area contributed by atoms with Crippen LogP contribution in [0.5, 0.6) is 0 Å². The molecule has 5 nitrogen and oxygen atoms in total. The maximum atomic E-state index is 13.2. The summed E-state index contributed by atoms with van der Waals surface area (Å²) in [4.78, 5) is 41.8. The first-order valence-electron chi connectivity index (χ1n) is 9.30. The standard InChI is InChI=1S/C22H24N2O3/c1-3-4-14-23(2)22(27)19(15-16-10-6-5-7-11-16)24-20(25)17-12-8-9-13-18(17)21(24)26/h5-13,19H,3-4,14-15H2,1-2H3. The van der Waals surface area contributed by atoms with Gasteiger partial charge >= 0.3 is 0 Å². The normalized spacial score (nSPS) is 14.2. The van der Waals surface area contributed by atoms with Gasteiger partial charge in [-0.25, -0.2) is 0 Å². The average Bonchev–Trinajstić information content (AvgIpc) is 2.95. The molecular weight excluding hydrogens is 340 g/mol. The predicted octanol–water partition coefficient (Wildman–Crippen LogP) is 3.15. The van der Waals surface area contributed by atoms with Gasteiger partial charge in [-0.15, -0.1) is 0 Å². The van der Waals surface area contributed by atoms with E-state index in [1.807, 2.05) is 30.3 Å². The van der Waals surface area contributed by atoms with Gasteiger partial charge in [0.05, 0.1) is 11.1 Å². The quantitative estimate of drug-likeness (QED) is 0.709. The SMILES string of the molecule is CCCCN(C)C(=O)C(Cc1ccccc1)N1C(=O)c2ccccc2C1=O. The molecule has 2 aromatic rings. The van der Waals surface area contributed by atoms with Crippen molar-refractivity contribution < 1.29 is 14.4 Å². The van der Waals surface area contributed by atoms with Crippen LogP contribution in [0.2, 0.25) is 0 Å². The predicted molar refractivity (Wildman–Crippen MR) is 103 cm³/mol.